The van der Waals surface area contributed by atoms with E-state index in [1.54, 1.807) is 24.3 Å². The van der Waals surface area contributed by atoms with Crippen LogP contribution in [0.5, 0.6) is 0 Å². The largest absolute Gasteiger partial charge is 0.289 e. The third-order valence-electron chi connectivity index (χ3n) is 2.59. The topological polar surface area (TPSA) is 63.5 Å². The van der Waals surface area contributed by atoms with Crippen molar-refractivity contribution in [3.8, 4) is 0 Å². The van der Waals surface area contributed by atoms with Gasteiger partial charge in [-0.3, -0.25) is 19.8 Å². The summed E-state index contributed by atoms with van der Waals surface area (Å²) in [5, 5.41) is 10.6. The molecule has 0 unspecified atom stereocenters. The molecule has 0 aromatic heterocycles. The Bertz CT molecular complexity index is 623. The van der Waals surface area contributed by atoms with Gasteiger partial charge < -0.3 is 0 Å². The van der Waals surface area contributed by atoms with Gasteiger partial charge in [0.1, 0.15) is 4.32 Å². The van der Waals surface area contributed by atoms with Gasteiger partial charge in [0, 0.05) is 18.7 Å². The summed E-state index contributed by atoms with van der Waals surface area (Å²) in [6, 6.07) is 5.99. The number of thiocarbonyl (C=S) groups is 1. The van der Waals surface area contributed by atoms with Crippen molar-refractivity contribution in [3.05, 3.63) is 57.5 Å². The maximum atomic E-state index is 12.1. The zero-order valence-electron chi connectivity index (χ0n) is 10.3. The Morgan fingerprint density at radius 1 is 1.40 bits per heavy atom. The van der Waals surface area contributed by atoms with Gasteiger partial charge in [-0.2, -0.15) is 0 Å². The molecule has 1 aromatic carbocycles. The number of hydrogen-bond acceptors (Lipinski definition) is 5. The molecule has 0 spiro atoms. The highest BCUT2D eigenvalue weighted by Crippen LogP contribution is 2.32. The summed E-state index contributed by atoms with van der Waals surface area (Å²) in [5.41, 5.74) is 0.732. The van der Waals surface area contributed by atoms with Crippen molar-refractivity contribution in [2.24, 2.45) is 0 Å². The Balaban J connectivity index is 2.23. The molecule has 0 atom stereocenters. The summed E-state index contributed by atoms with van der Waals surface area (Å²) in [6.45, 7) is 3.96. The third-order valence-corrected chi connectivity index (χ3v) is 3.96. The fourth-order valence-electron chi connectivity index (χ4n) is 1.63. The SMILES string of the molecule is C=CCN1C(=O)/C(=C/c2ccc([N+](=O)[O-])cc2)SC1=S. The fraction of sp³-hybridized carbons (Fsp3) is 0.0769. The van der Waals surface area contributed by atoms with E-state index in [-0.39, 0.29) is 11.6 Å². The van der Waals surface area contributed by atoms with Crippen molar-refractivity contribution in [3.63, 3.8) is 0 Å². The van der Waals surface area contributed by atoms with Crippen molar-refractivity contribution >= 4 is 46.0 Å². The number of nitro benzene ring substituents is 1. The lowest BCUT2D eigenvalue weighted by Crippen LogP contribution is -2.27. The van der Waals surface area contributed by atoms with Crippen LogP contribution in [0.3, 0.4) is 0 Å². The van der Waals surface area contributed by atoms with E-state index in [0.717, 1.165) is 5.56 Å². The first-order valence-electron chi connectivity index (χ1n) is 5.63. The molecule has 0 bridgehead atoms. The monoisotopic (exact) mass is 306 g/mol. The van der Waals surface area contributed by atoms with Gasteiger partial charge in [0.15, 0.2) is 0 Å². The van der Waals surface area contributed by atoms with Crippen LogP contribution in [0, 0.1) is 10.1 Å². The van der Waals surface area contributed by atoms with Crippen LogP contribution < -0.4 is 0 Å². The zero-order valence-corrected chi connectivity index (χ0v) is 11.9. The quantitative estimate of drug-likeness (QED) is 0.281. The molecule has 1 aliphatic heterocycles. The van der Waals surface area contributed by atoms with E-state index >= 15 is 0 Å². The summed E-state index contributed by atoms with van der Waals surface area (Å²) >= 11 is 6.34. The van der Waals surface area contributed by atoms with Crippen molar-refractivity contribution in [1.29, 1.82) is 0 Å². The number of rotatable bonds is 4. The van der Waals surface area contributed by atoms with Gasteiger partial charge in [0.2, 0.25) is 0 Å². The van der Waals surface area contributed by atoms with Gasteiger partial charge >= 0.3 is 0 Å². The second-order valence-corrected chi connectivity index (χ2v) is 5.61. The van der Waals surface area contributed by atoms with E-state index in [0.29, 0.717) is 15.8 Å². The molecule has 1 saturated heterocycles. The average Bonchev–Trinajstić information content (AvgIpc) is 2.67. The van der Waals surface area contributed by atoms with Crippen molar-refractivity contribution in [2.45, 2.75) is 0 Å². The first-order valence-corrected chi connectivity index (χ1v) is 6.86. The minimum atomic E-state index is -0.465. The molecule has 0 saturated carbocycles. The molecule has 1 aromatic rings. The predicted molar refractivity (Wildman–Crippen MR) is 83.2 cm³/mol. The van der Waals surface area contributed by atoms with Gasteiger partial charge in [0.05, 0.1) is 9.83 Å². The number of nitrogens with zero attached hydrogens (tertiary/aromatic N) is 2. The summed E-state index contributed by atoms with van der Waals surface area (Å²) in [4.78, 5) is 24.1. The number of carbonyl (C=O) groups is 1. The van der Waals surface area contributed by atoms with E-state index in [9.17, 15) is 14.9 Å². The van der Waals surface area contributed by atoms with E-state index in [1.807, 2.05) is 0 Å². The van der Waals surface area contributed by atoms with Gasteiger partial charge in [-0.1, -0.05) is 30.1 Å². The average molecular weight is 306 g/mol. The smallest absolute Gasteiger partial charge is 0.269 e. The van der Waals surface area contributed by atoms with Crippen LogP contribution in [0.25, 0.3) is 6.08 Å². The van der Waals surface area contributed by atoms with Crippen LogP contribution in [-0.4, -0.2) is 26.6 Å². The number of amides is 1. The predicted octanol–water partition coefficient (Wildman–Crippen LogP) is 2.98. The molecule has 7 heteroatoms. The molecule has 1 aliphatic rings. The van der Waals surface area contributed by atoms with Gasteiger partial charge in [-0.05, 0) is 23.8 Å². The second-order valence-electron chi connectivity index (χ2n) is 3.93. The number of nitro groups is 1. The van der Waals surface area contributed by atoms with Crippen molar-refractivity contribution in [1.82, 2.24) is 4.90 Å². The highest BCUT2D eigenvalue weighted by Gasteiger charge is 2.30. The van der Waals surface area contributed by atoms with Crippen molar-refractivity contribution in [2.75, 3.05) is 6.54 Å². The molecule has 1 heterocycles. The lowest BCUT2D eigenvalue weighted by Gasteiger charge is -2.10. The molecular formula is C13H10N2O3S2. The zero-order chi connectivity index (χ0) is 14.7. The lowest BCUT2D eigenvalue weighted by molar-refractivity contribution is -0.384. The van der Waals surface area contributed by atoms with E-state index in [1.165, 1.54) is 28.8 Å². The molecule has 5 nitrogen and oxygen atoms in total. The summed E-state index contributed by atoms with van der Waals surface area (Å²) in [5.74, 6) is -0.168. The van der Waals surface area contributed by atoms with Gasteiger partial charge in [-0.15, -0.1) is 6.58 Å². The summed E-state index contributed by atoms with van der Waals surface area (Å²) in [6.07, 6.45) is 3.28. The lowest BCUT2D eigenvalue weighted by atomic mass is 10.2. The Kier molecular flexibility index (Phi) is 4.31. The van der Waals surface area contributed by atoms with Crippen LogP contribution in [0.2, 0.25) is 0 Å². The molecule has 0 N–H and O–H groups in total. The highest BCUT2D eigenvalue weighted by molar-refractivity contribution is 8.26. The second kappa shape index (κ2) is 5.98. The van der Waals surface area contributed by atoms with Gasteiger partial charge in [-0.25, -0.2) is 0 Å². The summed E-state index contributed by atoms with van der Waals surface area (Å²) in [7, 11) is 0. The molecular weight excluding hydrogens is 296 g/mol. The molecule has 2 rings (SSSR count). The molecule has 0 radical (unpaired) electrons. The number of hydrogen-bond donors (Lipinski definition) is 0. The first kappa shape index (κ1) is 14.4. The normalized spacial score (nSPS) is 16.8. The van der Waals surface area contributed by atoms with Crippen LogP contribution in [0.1, 0.15) is 5.56 Å². The van der Waals surface area contributed by atoms with Crippen LogP contribution in [0.4, 0.5) is 5.69 Å². The molecule has 20 heavy (non-hydrogen) atoms. The third kappa shape index (κ3) is 2.94. The van der Waals surface area contributed by atoms with E-state index in [2.05, 4.69) is 6.58 Å². The number of benzene rings is 1. The van der Waals surface area contributed by atoms with Crippen LogP contribution in [0.15, 0.2) is 41.8 Å². The molecule has 1 fully saturated rings. The standard InChI is InChI=1S/C13H10N2O3S2/c1-2-7-14-12(16)11(20-13(14)19)8-9-3-5-10(6-4-9)15(17)18/h2-6,8H,1,7H2/b11-8-. The molecule has 1 amide bonds. The Morgan fingerprint density at radius 3 is 2.60 bits per heavy atom. The van der Waals surface area contributed by atoms with Crippen LogP contribution in [-0.2, 0) is 4.79 Å². The number of non-ortho nitro benzene ring substituents is 1. The maximum Gasteiger partial charge on any atom is 0.269 e. The Hall–Kier alpha value is -1.99. The van der Waals surface area contributed by atoms with E-state index < -0.39 is 4.92 Å². The minimum absolute atomic E-state index is 0.0151. The van der Waals surface area contributed by atoms with Crippen LogP contribution >= 0.6 is 24.0 Å². The Labute approximate surface area is 125 Å². The molecule has 102 valence electrons. The molecule has 0 aliphatic carbocycles. The highest BCUT2D eigenvalue weighted by atomic mass is 32.2. The fourth-order valence-corrected chi connectivity index (χ4v) is 2.91. The first-order chi connectivity index (χ1) is 9.52. The summed E-state index contributed by atoms with van der Waals surface area (Å²) < 4.78 is 0.489. The number of carbonyl (C=O) groups excluding carboxylic acids is 1. The van der Waals surface area contributed by atoms with Gasteiger partial charge in [0.25, 0.3) is 11.6 Å². The Morgan fingerprint density at radius 2 is 2.05 bits per heavy atom. The van der Waals surface area contributed by atoms with E-state index in [4.69, 9.17) is 12.2 Å². The van der Waals surface area contributed by atoms with Crippen molar-refractivity contribution < 1.29 is 9.72 Å². The minimum Gasteiger partial charge on any atom is -0.289 e. The number of thioether (sulfide) groups is 1. The maximum absolute atomic E-state index is 12.1.